The Labute approximate surface area is 182 Å². The molecular formula is C24H24N2O4S. The number of amides is 1. The molecule has 0 fully saturated rings. The summed E-state index contributed by atoms with van der Waals surface area (Å²) in [7, 11) is -3.77. The Morgan fingerprint density at radius 3 is 2.32 bits per heavy atom. The van der Waals surface area contributed by atoms with Gasteiger partial charge in [0.15, 0.2) is 0 Å². The van der Waals surface area contributed by atoms with Crippen LogP contribution < -0.4 is 14.8 Å². The van der Waals surface area contributed by atoms with E-state index >= 15 is 0 Å². The first-order valence-electron chi connectivity index (χ1n) is 9.64. The van der Waals surface area contributed by atoms with Crippen LogP contribution in [0.1, 0.15) is 21.5 Å². The van der Waals surface area contributed by atoms with Crippen LogP contribution in [0.15, 0.2) is 84.3 Å². The van der Waals surface area contributed by atoms with Gasteiger partial charge < -0.3 is 10.1 Å². The molecule has 7 heteroatoms. The van der Waals surface area contributed by atoms with Crippen molar-refractivity contribution in [2.75, 3.05) is 16.6 Å². The molecule has 2 N–H and O–H groups in total. The predicted molar refractivity (Wildman–Crippen MR) is 123 cm³/mol. The van der Waals surface area contributed by atoms with E-state index in [-0.39, 0.29) is 10.8 Å². The molecular weight excluding hydrogens is 412 g/mol. The number of ether oxygens (including phenoxy) is 1. The molecule has 160 valence electrons. The van der Waals surface area contributed by atoms with Gasteiger partial charge in [0.05, 0.1) is 10.6 Å². The number of sulfonamides is 1. The molecule has 0 heterocycles. The lowest BCUT2D eigenvalue weighted by molar-refractivity contribution is 0.102. The van der Waals surface area contributed by atoms with E-state index in [0.717, 1.165) is 5.56 Å². The molecule has 0 saturated carbocycles. The summed E-state index contributed by atoms with van der Waals surface area (Å²) in [5.74, 6) is 0.316. The first-order valence-corrected chi connectivity index (χ1v) is 11.1. The lowest BCUT2D eigenvalue weighted by Crippen LogP contribution is -2.16. The van der Waals surface area contributed by atoms with Crippen molar-refractivity contribution in [3.63, 3.8) is 0 Å². The lowest BCUT2D eigenvalue weighted by Gasteiger charge is -2.13. The van der Waals surface area contributed by atoms with Crippen molar-refractivity contribution in [3.05, 3.63) is 96.1 Å². The monoisotopic (exact) mass is 436 g/mol. The number of carbonyl (C=O) groups is 1. The zero-order chi connectivity index (χ0) is 22.4. The number of benzene rings is 3. The molecule has 1 amide bonds. The lowest BCUT2D eigenvalue weighted by atomic mass is 10.1. The van der Waals surface area contributed by atoms with Gasteiger partial charge in [0, 0.05) is 11.3 Å². The van der Waals surface area contributed by atoms with Crippen LogP contribution in [-0.2, 0) is 10.0 Å². The van der Waals surface area contributed by atoms with Crippen LogP contribution in [0, 0.1) is 13.8 Å². The Balaban J connectivity index is 1.76. The van der Waals surface area contributed by atoms with Gasteiger partial charge >= 0.3 is 0 Å². The molecule has 0 aliphatic heterocycles. The van der Waals surface area contributed by atoms with Crippen molar-refractivity contribution in [3.8, 4) is 5.75 Å². The van der Waals surface area contributed by atoms with E-state index < -0.39 is 10.0 Å². The molecule has 0 spiro atoms. The molecule has 6 nitrogen and oxygen atoms in total. The average molecular weight is 437 g/mol. The number of nitrogens with one attached hydrogen (secondary N) is 2. The van der Waals surface area contributed by atoms with Crippen LogP contribution in [0.5, 0.6) is 5.75 Å². The van der Waals surface area contributed by atoms with Crippen molar-refractivity contribution in [2.45, 2.75) is 18.7 Å². The zero-order valence-corrected chi connectivity index (χ0v) is 18.2. The maximum absolute atomic E-state index is 12.7. The normalized spacial score (nSPS) is 10.9. The van der Waals surface area contributed by atoms with E-state index in [4.69, 9.17) is 4.74 Å². The molecule has 3 rings (SSSR count). The maximum Gasteiger partial charge on any atom is 0.261 e. The number of anilines is 2. The fourth-order valence-corrected chi connectivity index (χ4v) is 3.91. The predicted octanol–water partition coefficient (Wildman–Crippen LogP) is 4.92. The molecule has 0 radical (unpaired) electrons. The minimum Gasteiger partial charge on any atom is -0.490 e. The SMILES string of the molecule is C=CCOc1ccc(NC(=O)c2ccc(C)c(NS(=O)(=O)c3ccc(C)cc3)c2)cc1. The number of hydrogen-bond donors (Lipinski definition) is 2. The van der Waals surface area contributed by atoms with Crippen molar-refractivity contribution in [1.29, 1.82) is 0 Å². The largest absolute Gasteiger partial charge is 0.490 e. The Kier molecular flexibility index (Phi) is 6.77. The van der Waals surface area contributed by atoms with Gasteiger partial charge in [0.25, 0.3) is 15.9 Å². The van der Waals surface area contributed by atoms with Gasteiger partial charge in [-0.05, 0) is 67.9 Å². The van der Waals surface area contributed by atoms with Crippen molar-refractivity contribution in [1.82, 2.24) is 0 Å². The summed E-state index contributed by atoms with van der Waals surface area (Å²) >= 11 is 0. The molecule has 3 aromatic rings. The third-order valence-electron chi connectivity index (χ3n) is 4.56. The highest BCUT2D eigenvalue weighted by molar-refractivity contribution is 7.92. The second kappa shape index (κ2) is 9.49. The molecule has 3 aromatic carbocycles. The van der Waals surface area contributed by atoms with Crippen molar-refractivity contribution >= 4 is 27.3 Å². The van der Waals surface area contributed by atoms with Crippen molar-refractivity contribution in [2.24, 2.45) is 0 Å². The van der Waals surface area contributed by atoms with E-state index in [0.29, 0.717) is 34.9 Å². The summed E-state index contributed by atoms with van der Waals surface area (Å²) in [5, 5.41) is 2.80. The Bertz CT molecular complexity index is 1190. The van der Waals surface area contributed by atoms with Crippen LogP contribution >= 0.6 is 0 Å². The second-order valence-corrected chi connectivity index (χ2v) is 8.71. The van der Waals surface area contributed by atoms with Gasteiger partial charge in [0.1, 0.15) is 12.4 Å². The third-order valence-corrected chi connectivity index (χ3v) is 5.94. The molecule has 31 heavy (non-hydrogen) atoms. The Morgan fingerprint density at radius 1 is 1.00 bits per heavy atom. The van der Waals surface area contributed by atoms with E-state index in [1.165, 1.54) is 6.07 Å². The van der Waals surface area contributed by atoms with E-state index in [2.05, 4.69) is 16.6 Å². The topological polar surface area (TPSA) is 84.5 Å². The van der Waals surface area contributed by atoms with Crippen LogP contribution in [0.2, 0.25) is 0 Å². The number of hydrogen-bond acceptors (Lipinski definition) is 4. The van der Waals surface area contributed by atoms with Gasteiger partial charge in [-0.2, -0.15) is 0 Å². The Hall–Kier alpha value is -3.58. The summed E-state index contributed by atoms with van der Waals surface area (Å²) in [6, 6.07) is 18.4. The Morgan fingerprint density at radius 2 is 1.68 bits per heavy atom. The standard InChI is InChI=1S/C24H24N2O4S/c1-4-15-30-21-11-9-20(10-12-21)25-24(27)19-8-7-18(3)23(16-19)26-31(28,29)22-13-5-17(2)6-14-22/h4-14,16,26H,1,15H2,2-3H3,(H,25,27). The third kappa shape index (κ3) is 5.73. The molecule has 0 aliphatic rings. The van der Waals surface area contributed by atoms with E-state index in [1.807, 2.05) is 6.92 Å². The number of aryl methyl sites for hydroxylation is 2. The molecule has 0 saturated heterocycles. The first-order chi connectivity index (χ1) is 14.8. The van der Waals surface area contributed by atoms with E-state index in [1.54, 1.807) is 73.7 Å². The minimum absolute atomic E-state index is 0.158. The molecule has 0 atom stereocenters. The maximum atomic E-state index is 12.7. The first kappa shape index (κ1) is 22.1. The summed E-state index contributed by atoms with van der Waals surface area (Å²) in [6.45, 7) is 7.66. The van der Waals surface area contributed by atoms with Crippen LogP contribution in [0.25, 0.3) is 0 Å². The smallest absolute Gasteiger partial charge is 0.261 e. The molecule has 0 aliphatic carbocycles. The highest BCUT2D eigenvalue weighted by Crippen LogP contribution is 2.23. The zero-order valence-electron chi connectivity index (χ0n) is 17.4. The number of rotatable bonds is 8. The van der Waals surface area contributed by atoms with Crippen LogP contribution in [0.4, 0.5) is 11.4 Å². The quantitative estimate of drug-likeness (QED) is 0.491. The highest BCUT2D eigenvalue weighted by atomic mass is 32.2. The highest BCUT2D eigenvalue weighted by Gasteiger charge is 2.16. The fraction of sp³-hybridized carbons (Fsp3) is 0.125. The minimum atomic E-state index is -3.77. The van der Waals surface area contributed by atoms with Crippen LogP contribution in [-0.4, -0.2) is 20.9 Å². The summed E-state index contributed by atoms with van der Waals surface area (Å²) in [4.78, 5) is 12.8. The molecule has 0 aromatic heterocycles. The molecule has 0 unspecified atom stereocenters. The average Bonchev–Trinajstić information content (AvgIpc) is 2.75. The molecule has 0 bridgehead atoms. The van der Waals surface area contributed by atoms with E-state index in [9.17, 15) is 13.2 Å². The van der Waals surface area contributed by atoms with Gasteiger partial charge in [-0.15, -0.1) is 0 Å². The van der Waals surface area contributed by atoms with Crippen molar-refractivity contribution < 1.29 is 17.9 Å². The van der Waals surface area contributed by atoms with Gasteiger partial charge in [0.2, 0.25) is 0 Å². The summed E-state index contributed by atoms with van der Waals surface area (Å²) < 4.78 is 33.4. The van der Waals surface area contributed by atoms with Crippen LogP contribution in [0.3, 0.4) is 0 Å². The summed E-state index contributed by atoms with van der Waals surface area (Å²) in [6.07, 6.45) is 1.65. The fourth-order valence-electron chi connectivity index (χ4n) is 2.79. The second-order valence-electron chi connectivity index (χ2n) is 7.03. The van der Waals surface area contributed by atoms with Gasteiger partial charge in [-0.3, -0.25) is 9.52 Å². The summed E-state index contributed by atoms with van der Waals surface area (Å²) in [5.41, 5.74) is 2.95. The van der Waals surface area contributed by atoms with Gasteiger partial charge in [-0.25, -0.2) is 8.42 Å². The van der Waals surface area contributed by atoms with Gasteiger partial charge in [-0.1, -0.05) is 36.4 Å². The number of carbonyl (C=O) groups excluding carboxylic acids is 1.